The number of carbonyl (C=O) groups is 1. The van der Waals surface area contributed by atoms with Gasteiger partial charge in [0.25, 0.3) is 0 Å². The lowest BCUT2D eigenvalue weighted by molar-refractivity contribution is -0.131. The SMILES string of the molecule is CCC1CCC2(CCC2)NC1=O. The fraction of sp³-hybridized carbons (Fsp3) is 0.900. The molecule has 1 spiro atoms. The molecule has 2 rings (SSSR count). The summed E-state index contributed by atoms with van der Waals surface area (Å²) in [6, 6.07) is 0. The quantitative estimate of drug-likeness (QED) is 0.634. The molecule has 1 saturated heterocycles. The minimum atomic E-state index is 0.253. The van der Waals surface area contributed by atoms with E-state index in [1.54, 1.807) is 0 Å². The van der Waals surface area contributed by atoms with Crippen LogP contribution in [0.2, 0.25) is 0 Å². The van der Waals surface area contributed by atoms with Crippen LogP contribution in [-0.2, 0) is 4.79 Å². The molecule has 1 unspecified atom stereocenters. The van der Waals surface area contributed by atoms with Crippen LogP contribution >= 0.6 is 0 Å². The molecule has 0 aromatic rings. The monoisotopic (exact) mass is 167 g/mol. The van der Waals surface area contributed by atoms with Gasteiger partial charge in [0.05, 0.1) is 0 Å². The topological polar surface area (TPSA) is 29.1 Å². The van der Waals surface area contributed by atoms with Crippen molar-refractivity contribution in [3.63, 3.8) is 0 Å². The average molecular weight is 167 g/mol. The van der Waals surface area contributed by atoms with Crippen molar-refractivity contribution in [2.24, 2.45) is 5.92 Å². The van der Waals surface area contributed by atoms with Crippen LogP contribution in [0.15, 0.2) is 0 Å². The fourth-order valence-corrected chi connectivity index (χ4v) is 2.38. The molecule has 0 aromatic carbocycles. The summed E-state index contributed by atoms with van der Waals surface area (Å²) >= 11 is 0. The molecular formula is C10H17NO. The van der Waals surface area contributed by atoms with Crippen LogP contribution in [-0.4, -0.2) is 11.4 Å². The number of hydrogen-bond donors (Lipinski definition) is 1. The second-order valence-corrected chi connectivity index (χ2v) is 4.27. The molecule has 2 fully saturated rings. The van der Waals surface area contributed by atoms with Crippen molar-refractivity contribution < 1.29 is 4.79 Å². The molecule has 1 heterocycles. The third kappa shape index (κ3) is 1.13. The minimum absolute atomic E-state index is 0.253. The Labute approximate surface area is 73.7 Å². The predicted molar refractivity (Wildman–Crippen MR) is 47.7 cm³/mol. The van der Waals surface area contributed by atoms with Gasteiger partial charge in [-0.1, -0.05) is 6.92 Å². The maximum atomic E-state index is 11.5. The maximum absolute atomic E-state index is 11.5. The Morgan fingerprint density at radius 3 is 2.67 bits per heavy atom. The van der Waals surface area contributed by atoms with Crippen LogP contribution in [0.4, 0.5) is 0 Å². The van der Waals surface area contributed by atoms with Crippen molar-refractivity contribution in [3.8, 4) is 0 Å². The van der Waals surface area contributed by atoms with Crippen molar-refractivity contribution in [1.82, 2.24) is 5.32 Å². The molecule has 1 aliphatic carbocycles. The molecule has 1 saturated carbocycles. The normalized spacial score (nSPS) is 32.8. The zero-order valence-electron chi connectivity index (χ0n) is 7.73. The largest absolute Gasteiger partial charge is 0.350 e. The van der Waals surface area contributed by atoms with E-state index >= 15 is 0 Å². The summed E-state index contributed by atoms with van der Waals surface area (Å²) in [5.74, 6) is 0.611. The van der Waals surface area contributed by atoms with E-state index in [0.717, 1.165) is 12.8 Å². The van der Waals surface area contributed by atoms with Gasteiger partial charge < -0.3 is 5.32 Å². The van der Waals surface area contributed by atoms with Gasteiger partial charge in [-0.05, 0) is 38.5 Å². The molecule has 0 aromatic heterocycles. The molecule has 1 N–H and O–H groups in total. The first-order valence-electron chi connectivity index (χ1n) is 5.08. The molecule has 0 bridgehead atoms. The van der Waals surface area contributed by atoms with Crippen molar-refractivity contribution in [2.45, 2.75) is 51.0 Å². The molecule has 68 valence electrons. The molecule has 12 heavy (non-hydrogen) atoms. The number of amides is 1. The molecule has 1 aliphatic heterocycles. The van der Waals surface area contributed by atoms with Gasteiger partial charge in [0.15, 0.2) is 0 Å². The Hall–Kier alpha value is -0.530. The van der Waals surface area contributed by atoms with Crippen LogP contribution in [0.25, 0.3) is 0 Å². The van der Waals surface area contributed by atoms with Crippen molar-refractivity contribution >= 4 is 5.91 Å². The second kappa shape index (κ2) is 2.75. The van der Waals surface area contributed by atoms with Crippen LogP contribution in [0.5, 0.6) is 0 Å². The van der Waals surface area contributed by atoms with E-state index in [1.807, 2.05) is 0 Å². The van der Waals surface area contributed by atoms with Gasteiger partial charge in [-0.15, -0.1) is 0 Å². The average Bonchev–Trinajstić information content (AvgIpc) is 2.01. The Kier molecular flexibility index (Phi) is 1.85. The van der Waals surface area contributed by atoms with Gasteiger partial charge in [0, 0.05) is 11.5 Å². The third-order valence-electron chi connectivity index (χ3n) is 3.53. The first-order chi connectivity index (χ1) is 5.76. The Balaban J connectivity index is 1.98. The van der Waals surface area contributed by atoms with Gasteiger partial charge in [0.1, 0.15) is 0 Å². The number of rotatable bonds is 1. The van der Waals surface area contributed by atoms with E-state index in [2.05, 4.69) is 12.2 Å². The molecule has 2 aliphatic rings. The summed E-state index contributed by atoms with van der Waals surface area (Å²) in [5, 5.41) is 3.19. The van der Waals surface area contributed by atoms with Gasteiger partial charge in [0.2, 0.25) is 5.91 Å². The Bertz CT molecular complexity index is 196. The van der Waals surface area contributed by atoms with Gasteiger partial charge in [-0.25, -0.2) is 0 Å². The maximum Gasteiger partial charge on any atom is 0.223 e. The molecule has 1 atom stereocenters. The first-order valence-corrected chi connectivity index (χ1v) is 5.08. The van der Waals surface area contributed by atoms with E-state index < -0.39 is 0 Å². The summed E-state index contributed by atoms with van der Waals surface area (Å²) in [5.41, 5.74) is 0.253. The lowest BCUT2D eigenvalue weighted by Gasteiger charge is -2.47. The van der Waals surface area contributed by atoms with Gasteiger partial charge in [-0.3, -0.25) is 4.79 Å². The smallest absolute Gasteiger partial charge is 0.223 e. The highest BCUT2D eigenvalue weighted by atomic mass is 16.2. The standard InChI is InChI=1S/C10H17NO/c1-2-8-4-7-10(5-3-6-10)11-9(8)12/h8H,2-7H2,1H3,(H,11,12). The Morgan fingerprint density at radius 2 is 2.25 bits per heavy atom. The van der Waals surface area contributed by atoms with E-state index in [4.69, 9.17) is 0 Å². The predicted octanol–water partition coefficient (Wildman–Crippen LogP) is 1.85. The zero-order valence-corrected chi connectivity index (χ0v) is 7.73. The van der Waals surface area contributed by atoms with Crippen LogP contribution in [0.3, 0.4) is 0 Å². The van der Waals surface area contributed by atoms with E-state index in [-0.39, 0.29) is 5.54 Å². The van der Waals surface area contributed by atoms with Crippen molar-refractivity contribution in [1.29, 1.82) is 0 Å². The molecule has 2 heteroatoms. The zero-order chi connectivity index (χ0) is 8.60. The highest BCUT2D eigenvalue weighted by Gasteiger charge is 2.42. The van der Waals surface area contributed by atoms with Crippen LogP contribution < -0.4 is 5.32 Å². The van der Waals surface area contributed by atoms with Crippen LogP contribution in [0, 0.1) is 5.92 Å². The van der Waals surface area contributed by atoms with Crippen LogP contribution in [0.1, 0.15) is 45.4 Å². The fourth-order valence-electron chi connectivity index (χ4n) is 2.38. The number of hydrogen-bond acceptors (Lipinski definition) is 1. The highest BCUT2D eigenvalue weighted by Crippen LogP contribution is 2.40. The first kappa shape index (κ1) is 8.09. The van der Waals surface area contributed by atoms with Gasteiger partial charge in [-0.2, -0.15) is 0 Å². The summed E-state index contributed by atoms with van der Waals surface area (Å²) in [7, 11) is 0. The molecule has 2 nitrogen and oxygen atoms in total. The number of nitrogens with one attached hydrogen (secondary N) is 1. The minimum Gasteiger partial charge on any atom is -0.350 e. The van der Waals surface area contributed by atoms with Gasteiger partial charge >= 0.3 is 0 Å². The lowest BCUT2D eigenvalue weighted by Crippen LogP contribution is -2.58. The third-order valence-corrected chi connectivity index (χ3v) is 3.53. The molecule has 0 radical (unpaired) electrons. The summed E-state index contributed by atoms with van der Waals surface area (Å²) in [4.78, 5) is 11.5. The van der Waals surface area contributed by atoms with Crippen molar-refractivity contribution in [2.75, 3.05) is 0 Å². The highest BCUT2D eigenvalue weighted by molar-refractivity contribution is 5.80. The second-order valence-electron chi connectivity index (χ2n) is 4.27. The van der Waals surface area contributed by atoms with E-state index in [1.165, 1.54) is 25.7 Å². The van der Waals surface area contributed by atoms with E-state index in [0.29, 0.717) is 11.8 Å². The number of carbonyl (C=O) groups excluding carboxylic acids is 1. The van der Waals surface area contributed by atoms with E-state index in [9.17, 15) is 4.79 Å². The Morgan fingerprint density at radius 1 is 1.50 bits per heavy atom. The summed E-state index contributed by atoms with van der Waals surface area (Å²) < 4.78 is 0. The lowest BCUT2D eigenvalue weighted by atomic mass is 9.69. The molecular weight excluding hydrogens is 150 g/mol. The summed E-state index contributed by atoms with van der Waals surface area (Å²) in [6.45, 7) is 2.10. The summed E-state index contributed by atoms with van der Waals surface area (Å²) in [6.07, 6.45) is 7.07. The molecule has 1 amide bonds. The number of piperidine rings is 1. The van der Waals surface area contributed by atoms with Crippen molar-refractivity contribution in [3.05, 3.63) is 0 Å².